The summed E-state index contributed by atoms with van der Waals surface area (Å²) >= 11 is 0. The van der Waals surface area contributed by atoms with Crippen LogP contribution < -0.4 is 10.1 Å². The molecule has 2 nitrogen and oxygen atoms in total. The second kappa shape index (κ2) is 8.21. The Bertz CT molecular complexity index is 329. The van der Waals surface area contributed by atoms with E-state index in [1.54, 1.807) is 0 Å². The molecule has 0 saturated heterocycles. The molecule has 1 rings (SSSR count). The summed E-state index contributed by atoms with van der Waals surface area (Å²) in [5.74, 6) is 0.960. The number of benzene rings is 1. The molecular weight excluding hydrogens is 234 g/mol. The van der Waals surface area contributed by atoms with E-state index in [-0.39, 0.29) is 0 Å². The van der Waals surface area contributed by atoms with Gasteiger partial charge in [0, 0.05) is 6.04 Å². The zero-order valence-electron chi connectivity index (χ0n) is 12.9. The van der Waals surface area contributed by atoms with Crippen LogP contribution in [0.25, 0.3) is 0 Å². The van der Waals surface area contributed by atoms with Gasteiger partial charge in [-0.05, 0) is 43.4 Å². The molecule has 0 saturated carbocycles. The molecule has 0 bridgehead atoms. The fourth-order valence-electron chi connectivity index (χ4n) is 1.91. The molecule has 0 aliphatic carbocycles. The molecule has 0 spiro atoms. The zero-order valence-corrected chi connectivity index (χ0v) is 12.9. The van der Waals surface area contributed by atoms with Gasteiger partial charge in [0.05, 0.1) is 0 Å². The van der Waals surface area contributed by atoms with Crippen molar-refractivity contribution in [2.45, 2.75) is 53.0 Å². The van der Waals surface area contributed by atoms with Gasteiger partial charge in [-0.15, -0.1) is 0 Å². The highest BCUT2D eigenvalue weighted by molar-refractivity contribution is 5.20. The number of ether oxygens (including phenoxy) is 1. The molecule has 0 aliphatic rings. The van der Waals surface area contributed by atoms with E-state index in [9.17, 15) is 0 Å². The van der Waals surface area contributed by atoms with Gasteiger partial charge in [-0.3, -0.25) is 0 Å². The first-order valence-corrected chi connectivity index (χ1v) is 7.42. The van der Waals surface area contributed by atoms with E-state index in [0.29, 0.717) is 11.5 Å². The topological polar surface area (TPSA) is 21.3 Å². The molecule has 108 valence electrons. The van der Waals surface area contributed by atoms with Crippen molar-refractivity contribution < 1.29 is 4.74 Å². The van der Waals surface area contributed by atoms with Gasteiger partial charge in [0.15, 0.2) is 0 Å². The normalized spacial score (nSPS) is 13.3. The Morgan fingerprint density at radius 3 is 2.42 bits per heavy atom. The molecule has 2 heteroatoms. The van der Waals surface area contributed by atoms with Crippen LogP contribution in [0.1, 0.15) is 47.0 Å². The van der Waals surface area contributed by atoms with Crippen molar-refractivity contribution in [3.63, 3.8) is 0 Å². The van der Waals surface area contributed by atoms with Crippen molar-refractivity contribution in [1.82, 2.24) is 5.32 Å². The predicted octanol–water partition coefficient (Wildman–Crippen LogP) is 4.26. The van der Waals surface area contributed by atoms with Crippen molar-refractivity contribution in [2.75, 3.05) is 13.2 Å². The van der Waals surface area contributed by atoms with Crippen LogP contribution in [0.5, 0.6) is 5.75 Å². The van der Waals surface area contributed by atoms with Gasteiger partial charge in [-0.2, -0.15) is 0 Å². The summed E-state index contributed by atoms with van der Waals surface area (Å²) < 4.78 is 5.87. The van der Waals surface area contributed by atoms with E-state index in [0.717, 1.165) is 31.7 Å². The Morgan fingerprint density at radius 2 is 1.84 bits per heavy atom. The molecule has 0 heterocycles. The molecular formula is C17H29NO. The SMILES string of the molecule is CCCNC(CCC(C)(C)C)COc1ccccc1. The van der Waals surface area contributed by atoms with E-state index in [1.165, 1.54) is 6.42 Å². The van der Waals surface area contributed by atoms with Crippen molar-refractivity contribution in [3.8, 4) is 5.75 Å². The zero-order chi connectivity index (χ0) is 14.1. The first-order chi connectivity index (χ1) is 9.01. The van der Waals surface area contributed by atoms with Crippen molar-refractivity contribution in [2.24, 2.45) is 5.41 Å². The van der Waals surface area contributed by atoms with Crippen LogP contribution in [-0.2, 0) is 0 Å². The van der Waals surface area contributed by atoms with Gasteiger partial charge in [0.25, 0.3) is 0 Å². The highest BCUT2D eigenvalue weighted by Crippen LogP contribution is 2.22. The molecule has 19 heavy (non-hydrogen) atoms. The minimum absolute atomic E-state index is 0.388. The summed E-state index contributed by atoms with van der Waals surface area (Å²) in [5, 5.41) is 3.59. The number of nitrogens with one attached hydrogen (secondary N) is 1. The third kappa shape index (κ3) is 7.89. The van der Waals surface area contributed by atoms with Crippen LogP contribution in [-0.4, -0.2) is 19.2 Å². The van der Waals surface area contributed by atoms with E-state index in [4.69, 9.17) is 4.74 Å². The third-order valence-corrected chi connectivity index (χ3v) is 3.12. The fraction of sp³-hybridized carbons (Fsp3) is 0.647. The van der Waals surface area contributed by atoms with Gasteiger partial charge < -0.3 is 10.1 Å². The summed E-state index contributed by atoms with van der Waals surface area (Å²) in [6, 6.07) is 10.5. The van der Waals surface area contributed by atoms with Gasteiger partial charge >= 0.3 is 0 Å². The second-order valence-corrected chi connectivity index (χ2v) is 6.37. The maximum absolute atomic E-state index is 5.87. The Balaban J connectivity index is 2.40. The van der Waals surface area contributed by atoms with Crippen LogP contribution in [0.15, 0.2) is 30.3 Å². The summed E-state index contributed by atoms with van der Waals surface area (Å²) in [6.45, 7) is 10.9. The quantitative estimate of drug-likeness (QED) is 0.756. The van der Waals surface area contributed by atoms with E-state index in [1.807, 2.05) is 30.3 Å². The number of hydrogen-bond donors (Lipinski definition) is 1. The van der Waals surface area contributed by atoms with E-state index < -0.39 is 0 Å². The lowest BCUT2D eigenvalue weighted by Crippen LogP contribution is -2.36. The third-order valence-electron chi connectivity index (χ3n) is 3.12. The highest BCUT2D eigenvalue weighted by Gasteiger charge is 2.15. The maximum atomic E-state index is 5.87. The molecule has 1 N–H and O–H groups in total. The van der Waals surface area contributed by atoms with Crippen LogP contribution in [0.3, 0.4) is 0 Å². The molecule has 0 aromatic heterocycles. The maximum Gasteiger partial charge on any atom is 0.119 e. The minimum atomic E-state index is 0.388. The predicted molar refractivity (Wildman–Crippen MR) is 82.7 cm³/mol. The molecule has 0 radical (unpaired) electrons. The van der Waals surface area contributed by atoms with Crippen LogP contribution in [0.4, 0.5) is 0 Å². The number of rotatable bonds is 8. The van der Waals surface area contributed by atoms with E-state index >= 15 is 0 Å². The minimum Gasteiger partial charge on any atom is -0.492 e. The Labute approximate surface area is 118 Å². The first kappa shape index (κ1) is 16.0. The smallest absolute Gasteiger partial charge is 0.119 e. The lowest BCUT2D eigenvalue weighted by Gasteiger charge is -2.24. The molecule has 1 atom stereocenters. The summed E-state index contributed by atoms with van der Waals surface area (Å²) in [5.41, 5.74) is 0.388. The Morgan fingerprint density at radius 1 is 1.16 bits per heavy atom. The van der Waals surface area contributed by atoms with Gasteiger partial charge in [0.2, 0.25) is 0 Å². The summed E-state index contributed by atoms with van der Waals surface area (Å²) in [4.78, 5) is 0. The standard InChI is InChI=1S/C17H29NO/c1-5-13-18-15(11-12-17(2,3)4)14-19-16-9-7-6-8-10-16/h6-10,15,18H,5,11-14H2,1-4H3. The summed E-state index contributed by atoms with van der Waals surface area (Å²) in [6.07, 6.45) is 3.54. The highest BCUT2D eigenvalue weighted by atomic mass is 16.5. The Hall–Kier alpha value is -1.02. The lowest BCUT2D eigenvalue weighted by atomic mass is 9.89. The molecule has 0 fully saturated rings. The number of hydrogen-bond acceptors (Lipinski definition) is 2. The average Bonchev–Trinajstić information content (AvgIpc) is 2.38. The molecule has 0 amide bonds. The van der Waals surface area contributed by atoms with Crippen molar-refractivity contribution in [3.05, 3.63) is 30.3 Å². The van der Waals surface area contributed by atoms with Gasteiger partial charge in [-0.25, -0.2) is 0 Å². The van der Waals surface area contributed by atoms with E-state index in [2.05, 4.69) is 33.0 Å². The number of para-hydroxylation sites is 1. The van der Waals surface area contributed by atoms with Gasteiger partial charge in [-0.1, -0.05) is 45.9 Å². The summed E-state index contributed by atoms with van der Waals surface area (Å²) in [7, 11) is 0. The second-order valence-electron chi connectivity index (χ2n) is 6.37. The van der Waals surface area contributed by atoms with Crippen LogP contribution in [0.2, 0.25) is 0 Å². The Kier molecular flexibility index (Phi) is 6.93. The molecule has 1 unspecified atom stereocenters. The van der Waals surface area contributed by atoms with Gasteiger partial charge in [0.1, 0.15) is 12.4 Å². The van der Waals surface area contributed by atoms with Crippen LogP contribution >= 0.6 is 0 Å². The van der Waals surface area contributed by atoms with Crippen LogP contribution in [0, 0.1) is 5.41 Å². The first-order valence-electron chi connectivity index (χ1n) is 7.42. The van der Waals surface area contributed by atoms with Crippen molar-refractivity contribution in [1.29, 1.82) is 0 Å². The van der Waals surface area contributed by atoms with Crippen molar-refractivity contribution >= 4 is 0 Å². The monoisotopic (exact) mass is 263 g/mol. The molecule has 0 aliphatic heterocycles. The molecule has 1 aromatic rings. The average molecular weight is 263 g/mol. The fourth-order valence-corrected chi connectivity index (χ4v) is 1.91. The largest absolute Gasteiger partial charge is 0.492 e. The lowest BCUT2D eigenvalue weighted by molar-refractivity contribution is 0.236. The molecule has 1 aromatic carbocycles.